The number of hydrogen-bond donors (Lipinski definition) is 1. The fourth-order valence-corrected chi connectivity index (χ4v) is 4.83. The molecule has 0 radical (unpaired) electrons. The van der Waals surface area contributed by atoms with Crippen molar-refractivity contribution in [2.45, 2.75) is 27.4 Å². The van der Waals surface area contributed by atoms with Crippen molar-refractivity contribution in [3.05, 3.63) is 91.0 Å². The summed E-state index contributed by atoms with van der Waals surface area (Å²) in [6.45, 7) is 6.18. The molecule has 1 fully saturated rings. The van der Waals surface area contributed by atoms with E-state index < -0.39 is 17.8 Å². The van der Waals surface area contributed by atoms with Gasteiger partial charge in [-0.25, -0.2) is 9.69 Å². The van der Waals surface area contributed by atoms with Gasteiger partial charge in [0.15, 0.2) is 11.5 Å². The Morgan fingerprint density at radius 2 is 1.78 bits per heavy atom. The average molecular weight is 631 g/mol. The van der Waals surface area contributed by atoms with Crippen molar-refractivity contribution in [2.75, 3.05) is 11.5 Å². The van der Waals surface area contributed by atoms with E-state index in [4.69, 9.17) is 21.1 Å². The second-order valence-corrected chi connectivity index (χ2v) is 9.89. The summed E-state index contributed by atoms with van der Waals surface area (Å²) in [7, 11) is 0. The molecule has 0 atom stereocenters. The molecule has 0 spiro atoms. The maximum Gasteiger partial charge on any atom is 0.335 e. The Bertz CT molecular complexity index is 1440. The first kappa shape index (κ1) is 26.7. The maximum atomic E-state index is 13.4. The van der Waals surface area contributed by atoms with Gasteiger partial charge in [-0.3, -0.25) is 14.9 Å². The molecule has 0 bridgehead atoms. The number of carbonyl (C=O) groups excluding carboxylic acids is 3. The van der Waals surface area contributed by atoms with E-state index in [1.54, 1.807) is 30.3 Å². The zero-order valence-electron chi connectivity index (χ0n) is 20.4. The Hall–Kier alpha value is -3.37. The van der Waals surface area contributed by atoms with Gasteiger partial charge in [0.25, 0.3) is 11.8 Å². The van der Waals surface area contributed by atoms with Crippen molar-refractivity contribution in [1.82, 2.24) is 5.32 Å². The number of amides is 4. The lowest BCUT2D eigenvalue weighted by molar-refractivity contribution is -0.122. The van der Waals surface area contributed by atoms with Crippen molar-refractivity contribution in [3.8, 4) is 11.5 Å². The topological polar surface area (TPSA) is 84.9 Å². The summed E-state index contributed by atoms with van der Waals surface area (Å²) in [5, 5.41) is 2.87. The fourth-order valence-electron chi connectivity index (χ4n) is 3.86. The molecule has 37 heavy (non-hydrogen) atoms. The third-order valence-corrected chi connectivity index (χ3v) is 7.06. The molecule has 0 saturated carbocycles. The summed E-state index contributed by atoms with van der Waals surface area (Å²) in [4.78, 5) is 39.7. The Morgan fingerprint density at radius 3 is 2.51 bits per heavy atom. The van der Waals surface area contributed by atoms with Crippen LogP contribution in [0.2, 0.25) is 5.02 Å². The number of anilines is 1. The van der Waals surface area contributed by atoms with Gasteiger partial charge in [-0.1, -0.05) is 41.9 Å². The van der Waals surface area contributed by atoms with Gasteiger partial charge in [0.05, 0.1) is 15.9 Å². The number of carbonyl (C=O) groups is 3. The number of benzene rings is 3. The molecule has 3 aromatic carbocycles. The number of urea groups is 1. The third-order valence-electron chi connectivity index (χ3n) is 5.89. The van der Waals surface area contributed by atoms with Crippen LogP contribution < -0.4 is 19.7 Å². The molecule has 9 heteroatoms. The largest absolute Gasteiger partial charge is 0.490 e. The number of rotatable bonds is 7. The van der Waals surface area contributed by atoms with Gasteiger partial charge < -0.3 is 9.47 Å². The monoisotopic (exact) mass is 630 g/mol. The lowest BCUT2D eigenvalue weighted by atomic mass is 10.0. The van der Waals surface area contributed by atoms with Crippen molar-refractivity contribution in [3.63, 3.8) is 0 Å². The molecule has 4 amide bonds. The fraction of sp³-hybridized carbons (Fsp3) is 0.179. The Morgan fingerprint density at radius 1 is 1.03 bits per heavy atom. The molecule has 1 heterocycles. The minimum Gasteiger partial charge on any atom is -0.490 e. The van der Waals surface area contributed by atoms with E-state index in [1.165, 1.54) is 6.08 Å². The minimum atomic E-state index is -0.784. The molecular formula is C28H24ClIN2O5. The van der Waals surface area contributed by atoms with E-state index in [2.05, 4.69) is 27.9 Å². The highest BCUT2D eigenvalue weighted by molar-refractivity contribution is 14.1. The van der Waals surface area contributed by atoms with Crippen LogP contribution in [0, 0.1) is 17.4 Å². The molecule has 0 aromatic heterocycles. The summed E-state index contributed by atoms with van der Waals surface area (Å²) in [6.07, 6.45) is 1.45. The molecule has 0 unspecified atom stereocenters. The molecule has 3 aromatic rings. The summed E-state index contributed by atoms with van der Waals surface area (Å²) in [5.41, 5.74) is 3.33. The van der Waals surface area contributed by atoms with Gasteiger partial charge in [0.1, 0.15) is 12.2 Å². The van der Waals surface area contributed by atoms with Crippen LogP contribution in [0.5, 0.6) is 11.5 Å². The molecule has 1 aliphatic rings. The van der Waals surface area contributed by atoms with Gasteiger partial charge in [-0.05, 0) is 90.4 Å². The van der Waals surface area contributed by atoms with E-state index in [1.807, 2.05) is 45.0 Å². The minimum absolute atomic E-state index is 0.163. The molecule has 190 valence electrons. The predicted octanol–water partition coefficient (Wildman–Crippen LogP) is 6.21. The second-order valence-electron chi connectivity index (χ2n) is 8.32. The van der Waals surface area contributed by atoms with Gasteiger partial charge in [-0.2, -0.15) is 0 Å². The third kappa shape index (κ3) is 5.65. The summed E-state index contributed by atoms with van der Waals surface area (Å²) < 4.78 is 12.6. The number of hydrogen-bond acceptors (Lipinski definition) is 5. The Labute approximate surface area is 233 Å². The van der Waals surface area contributed by atoms with Crippen molar-refractivity contribution in [2.24, 2.45) is 0 Å². The lowest BCUT2D eigenvalue weighted by Gasteiger charge is -2.28. The molecular weight excluding hydrogens is 607 g/mol. The van der Waals surface area contributed by atoms with E-state index in [0.29, 0.717) is 37.9 Å². The molecule has 0 aliphatic carbocycles. The van der Waals surface area contributed by atoms with Crippen LogP contribution in [0.15, 0.2) is 60.2 Å². The van der Waals surface area contributed by atoms with Crippen LogP contribution >= 0.6 is 34.2 Å². The number of nitrogens with one attached hydrogen (secondary N) is 1. The first-order valence-corrected chi connectivity index (χ1v) is 13.0. The van der Waals surface area contributed by atoms with E-state index in [0.717, 1.165) is 21.6 Å². The highest BCUT2D eigenvalue weighted by atomic mass is 127. The van der Waals surface area contributed by atoms with Crippen LogP contribution in [0.25, 0.3) is 6.08 Å². The number of barbiturate groups is 1. The van der Waals surface area contributed by atoms with Gasteiger partial charge in [0, 0.05) is 10.6 Å². The smallest absolute Gasteiger partial charge is 0.335 e. The average Bonchev–Trinajstić information content (AvgIpc) is 2.85. The molecule has 4 rings (SSSR count). The lowest BCUT2D eigenvalue weighted by Crippen LogP contribution is -2.54. The summed E-state index contributed by atoms with van der Waals surface area (Å²) >= 11 is 8.37. The quantitative estimate of drug-likeness (QED) is 0.191. The number of nitrogens with zero attached hydrogens (tertiary/aromatic N) is 1. The highest BCUT2D eigenvalue weighted by Crippen LogP contribution is 2.36. The van der Waals surface area contributed by atoms with Gasteiger partial charge >= 0.3 is 6.03 Å². The van der Waals surface area contributed by atoms with Crippen LogP contribution in [0.4, 0.5) is 10.5 Å². The van der Waals surface area contributed by atoms with Gasteiger partial charge in [0.2, 0.25) is 0 Å². The van der Waals surface area contributed by atoms with E-state index in [9.17, 15) is 14.4 Å². The Kier molecular flexibility index (Phi) is 8.19. The SMILES string of the molecule is CCOc1cc(/C=C2\C(=O)NC(=O)N(c3cccc(C)c3C)C2=O)cc(I)c1OCc1ccccc1Cl. The van der Waals surface area contributed by atoms with Crippen LogP contribution in [0.3, 0.4) is 0 Å². The standard InChI is InChI=1S/C28H24ClIN2O5/c1-4-36-24-14-18(13-22(30)25(24)37-15-19-9-5-6-10-21(19)29)12-20-26(33)31-28(35)32(27(20)34)23-11-7-8-16(2)17(23)3/h5-14H,4,15H2,1-3H3,(H,31,33,35)/b20-12+. The number of ether oxygens (including phenoxy) is 2. The predicted molar refractivity (Wildman–Crippen MR) is 151 cm³/mol. The van der Waals surface area contributed by atoms with Crippen LogP contribution in [-0.4, -0.2) is 24.5 Å². The molecule has 1 aliphatic heterocycles. The van der Waals surface area contributed by atoms with E-state index in [-0.39, 0.29) is 12.2 Å². The molecule has 7 nitrogen and oxygen atoms in total. The molecule has 1 N–H and O–H groups in total. The van der Waals surface area contributed by atoms with Crippen molar-refractivity contribution >= 4 is 63.8 Å². The maximum absolute atomic E-state index is 13.4. The Balaban J connectivity index is 1.69. The van der Waals surface area contributed by atoms with Crippen LogP contribution in [0.1, 0.15) is 29.2 Å². The van der Waals surface area contributed by atoms with Gasteiger partial charge in [-0.15, -0.1) is 0 Å². The number of halogens is 2. The molecule has 1 saturated heterocycles. The van der Waals surface area contributed by atoms with Crippen LogP contribution in [-0.2, 0) is 16.2 Å². The second kappa shape index (κ2) is 11.4. The number of aryl methyl sites for hydroxylation is 1. The van der Waals surface area contributed by atoms with Crippen molar-refractivity contribution < 1.29 is 23.9 Å². The first-order chi connectivity index (χ1) is 17.7. The summed E-state index contributed by atoms with van der Waals surface area (Å²) in [5.74, 6) is -0.478. The highest BCUT2D eigenvalue weighted by Gasteiger charge is 2.37. The first-order valence-electron chi connectivity index (χ1n) is 11.5. The summed E-state index contributed by atoms with van der Waals surface area (Å²) in [6, 6.07) is 15.4. The number of imide groups is 2. The zero-order valence-corrected chi connectivity index (χ0v) is 23.3. The normalized spacial score (nSPS) is 14.7. The van der Waals surface area contributed by atoms with Crippen molar-refractivity contribution in [1.29, 1.82) is 0 Å². The van der Waals surface area contributed by atoms with E-state index >= 15 is 0 Å². The zero-order chi connectivity index (χ0) is 26.7.